The smallest absolute Gasteiger partial charge is 0.162 e. The van der Waals surface area contributed by atoms with E-state index in [1.807, 2.05) is 43.3 Å². The number of rotatable bonds is 7. The minimum atomic E-state index is 0.270. The number of hydrogen-bond donors (Lipinski definition) is 0. The number of benzene rings is 1. The van der Waals surface area contributed by atoms with Gasteiger partial charge in [0.2, 0.25) is 0 Å². The Morgan fingerprint density at radius 1 is 1.06 bits per heavy atom. The van der Waals surface area contributed by atoms with Crippen LogP contribution in [-0.2, 0) is 0 Å². The zero-order valence-electron chi connectivity index (χ0n) is 11.2. The predicted octanol–water partition coefficient (Wildman–Crippen LogP) is 3.91. The summed E-state index contributed by atoms with van der Waals surface area (Å²) in [4.78, 5) is 13.9. The molecule has 0 bridgehead atoms. The van der Waals surface area contributed by atoms with Crippen LogP contribution < -0.4 is 4.90 Å². The van der Waals surface area contributed by atoms with E-state index in [0.29, 0.717) is 6.42 Å². The standard InChI is InChI=1S/C15H23NO/c1-4-5-6-7-8-15(17)13-9-11-14(12-10-13)16(2)3/h9-12H,4-8H2,1-3H3. The molecule has 0 unspecified atom stereocenters. The first-order valence-electron chi connectivity index (χ1n) is 6.45. The van der Waals surface area contributed by atoms with Crippen molar-refractivity contribution in [3.8, 4) is 0 Å². The first-order chi connectivity index (χ1) is 8.15. The Morgan fingerprint density at radius 3 is 2.24 bits per heavy atom. The normalized spacial score (nSPS) is 10.3. The summed E-state index contributed by atoms with van der Waals surface area (Å²) in [6.45, 7) is 2.18. The Morgan fingerprint density at radius 2 is 1.71 bits per heavy atom. The molecule has 0 aliphatic rings. The van der Waals surface area contributed by atoms with Crippen molar-refractivity contribution in [2.24, 2.45) is 0 Å². The molecule has 0 saturated carbocycles. The molecule has 0 aliphatic heterocycles. The Kier molecular flexibility index (Phi) is 5.75. The second kappa shape index (κ2) is 7.10. The van der Waals surface area contributed by atoms with Gasteiger partial charge in [-0.1, -0.05) is 26.2 Å². The molecule has 1 aromatic rings. The fraction of sp³-hybridized carbons (Fsp3) is 0.533. The van der Waals surface area contributed by atoms with Gasteiger partial charge in [-0.3, -0.25) is 4.79 Å². The lowest BCUT2D eigenvalue weighted by molar-refractivity contribution is 0.0979. The molecule has 17 heavy (non-hydrogen) atoms. The van der Waals surface area contributed by atoms with Crippen LogP contribution in [0.1, 0.15) is 49.4 Å². The largest absolute Gasteiger partial charge is 0.378 e. The Balaban J connectivity index is 2.46. The van der Waals surface area contributed by atoms with E-state index in [2.05, 4.69) is 6.92 Å². The van der Waals surface area contributed by atoms with Crippen LogP contribution >= 0.6 is 0 Å². The number of anilines is 1. The highest BCUT2D eigenvalue weighted by atomic mass is 16.1. The van der Waals surface area contributed by atoms with Gasteiger partial charge >= 0.3 is 0 Å². The maximum absolute atomic E-state index is 11.9. The van der Waals surface area contributed by atoms with Crippen molar-refractivity contribution in [1.29, 1.82) is 0 Å². The number of carbonyl (C=O) groups is 1. The van der Waals surface area contributed by atoms with E-state index in [0.717, 1.165) is 24.1 Å². The second-order valence-electron chi connectivity index (χ2n) is 4.68. The summed E-state index contributed by atoms with van der Waals surface area (Å²) in [7, 11) is 4.00. The van der Waals surface area contributed by atoms with Gasteiger partial charge in [0, 0.05) is 31.8 Å². The molecule has 1 aromatic carbocycles. The first kappa shape index (κ1) is 13.8. The van der Waals surface area contributed by atoms with Gasteiger partial charge in [0.05, 0.1) is 0 Å². The quantitative estimate of drug-likeness (QED) is 0.526. The lowest BCUT2D eigenvalue weighted by atomic mass is 10.0. The van der Waals surface area contributed by atoms with Gasteiger partial charge in [0.1, 0.15) is 0 Å². The highest BCUT2D eigenvalue weighted by Gasteiger charge is 2.05. The van der Waals surface area contributed by atoms with Crippen molar-refractivity contribution in [2.45, 2.75) is 39.0 Å². The number of unbranched alkanes of at least 4 members (excludes halogenated alkanes) is 3. The third-order valence-corrected chi connectivity index (χ3v) is 2.96. The van der Waals surface area contributed by atoms with Gasteiger partial charge in [0.15, 0.2) is 5.78 Å². The summed E-state index contributed by atoms with van der Waals surface area (Å²) in [5, 5.41) is 0. The van der Waals surface area contributed by atoms with E-state index >= 15 is 0 Å². The monoisotopic (exact) mass is 233 g/mol. The van der Waals surface area contributed by atoms with Crippen LogP contribution in [0, 0.1) is 0 Å². The molecule has 0 spiro atoms. The summed E-state index contributed by atoms with van der Waals surface area (Å²) in [6.07, 6.45) is 5.31. The van der Waals surface area contributed by atoms with Crippen LogP contribution in [0.4, 0.5) is 5.69 Å². The minimum absolute atomic E-state index is 0.270. The highest BCUT2D eigenvalue weighted by molar-refractivity contribution is 5.96. The summed E-state index contributed by atoms with van der Waals surface area (Å²) in [6, 6.07) is 7.85. The second-order valence-corrected chi connectivity index (χ2v) is 4.68. The van der Waals surface area contributed by atoms with E-state index in [4.69, 9.17) is 0 Å². The third kappa shape index (κ3) is 4.59. The van der Waals surface area contributed by atoms with Crippen molar-refractivity contribution in [3.05, 3.63) is 29.8 Å². The fourth-order valence-corrected chi connectivity index (χ4v) is 1.80. The van der Waals surface area contributed by atoms with Gasteiger partial charge in [-0.2, -0.15) is 0 Å². The minimum Gasteiger partial charge on any atom is -0.378 e. The van der Waals surface area contributed by atoms with Crippen molar-refractivity contribution in [2.75, 3.05) is 19.0 Å². The van der Waals surface area contributed by atoms with Crippen molar-refractivity contribution >= 4 is 11.5 Å². The lowest BCUT2D eigenvalue weighted by Crippen LogP contribution is -2.08. The molecule has 0 aromatic heterocycles. The molecule has 1 rings (SSSR count). The van der Waals surface area contributed by atoms with Gasteiger partial charge in [-0.25, -0.2) is 0 Å². The summed E-state index contributed by atoms with van der Waals surface area (Å²) in [5.74, 6) is 0.270. The molecule has 0 saturated heterocycles. The average Bonchev–Trinajstić information content (AvgIpc) is 2.34. The molecule has 94 valence electrons. The van der Waals surface area contributed by atoms with Crippen LogP contribution in [0.15, 0.2) is 24.3 Å². The van der Waals surface area contributed by atoms with Crippen LogP contribution in [0.25, 0.3) is 0 Å². The maximum atomic E-state index is 11.9. The topological polar surface area (TPSA) is 20.3 Å². The van der Waals surface area contributed by atoms with Gasteiger partial charge < -0.3 is 4.90 Å². The molecule has 0 atom stereocenters. The number of nitrogens with zero attached hydrogens (tertiary/aromatic N) is 1. The molecule has 0 fully saturated rings. The Hall–Kier alpha value is -1.31. The Labute approximate surface area is 105 Å². The number of hydrogen-bond acceptors (Lipinski definition) is 2. The van der Waals surface area contributed by atoms with Gasteiger partial charge in [0.25, 0.3) is 0 Å². The molecule has 0 amide bonds. The number of Topliss-reactive ketones (excluding diaryl/α,β-unsaturated/α-hetero) is 1. The predicted molar refractivity (Wildman–Crippen MR) is 73.9 cm³/mol. The molecular weight excluding hydrogens is 210 g/mol. The fourth-order valence-electron chi connectivity index (χ4n) is 1.80. The molecule has 0 radical (unpaired) electrons. The molecule has 0 N–H and O–H groups in total. The van der Waals surface area contributed by atoms with E-state index in [-0.39, 0.29) is 5.78 Å². The van der Waals surface area contributed by atoms with Crippen molar-refractivity contribution in [1.82, 2.24) is 0 Å². The highest BCUT2D eigenvalue weighted by Crippen LogP contribution is 2.14. The molecule has 2 heteroatoms. The van der Waals surface area contributed by atoms with Crippen LogP contribution in [0.2, 0.25) is 0 Å². The van der Waals surface area contributed by atoms with Crippen LogP contribution in [-0.4, -0.2) is 19.9 Å². The van der Waals surface area contributed by atoms with E-state index in [1.54, 1.807) is 0 Å². The first-order valence-corrected chi connectivity index (χ1v) is 6.45. The van der Waals surface area contributed by atoms with Crippen molar-refractivity contribution in [3.63, 3.8) is 0 Å². The summed E-state index contributed by atoms with van der Waals surface area (Å²) >= 11 is 0. The number of carbonyl (C=O) groups excluding carboxylic acids is 1. The summed E-state index contributed by atoms with van der Waals surface area (Å²) in [5.41, 5.74) is 1.97. The van der Waals surface area contributed by atoms with Crippen molar-refractivity contribution < 1.29 is 4.79 Å². The molecular formula is C15H23NO. The zero-order chi connectivity index (χ0) is 12.7. The SMILES string of the molecule is CCCCCCC(=O)c1ccc(N(C)C)cc1. The molecule has 0 aliphatic carbocycles. The molecule has 2 nitrogen and oxygen atoms in total. The van der Waals surface area contributed by atoms with E-state index in [9.17, 15) is 4.79 Å². The number of ketones is 1. The molecule has 0 heterocycles. The lowest BCUT2D eigenvalue weighted by Gasteiger charge is -2.12. The summed E-state index contributed by atoms with van der Waals surface area (Å²) < 4.78 is 0. The average molecular weight is 233 g/mol. The van der Waals surface area contributed by atoms with Gasteiger partial charge in [-0.15, -0.1) is 0 Å². The van der Waals surface area contributed by atoms with Crippen LogP contribution in [0.3, 0.4) is 0 Å². The zero-order valence-corrected chi connectivity index (χ0v) is 11.2. The van der Waals surface area contributed by atoms with E-state index in [1.165, 1.54) is 12.8 Å². The Bertz CT molecular complexity index is 340. The van der Waals surface area contributed by atoms with E-state index < -0.39 is 0 Å². The van der Waals surface area contributed by atoms with Crippen LogP contribution in [0.5, 0.6) is 0 Å². The van der Waals surface area contributed by atoms with Gasteiger partial charge in [-0.05, 0) is 30.7 Å². The maximum Gasteiger partial charge on any atom is 0.162 e. The third-order valence-electron chi connectivity index (χ3n) is 2.96.